The van der Waals surface area contributed by atoms with Crippen LogP contribution < -0.4 is 15.4 Å². The van der Waals surface area contributed by atoms with E-state index in [-0.39, 0.29) is 10.8 Å². The highest BCUT2D eigenvalue weighted by Crippen LogP contribution is 2.20. The summed E-state index contributed by atoms with van der Waals surface area (Å²) in [5.41, 5.74) is 2.53. The van der Waals surface area contributed by atoms with Crippen molar-refractivity contribution in [1.82, 2.24) is 10.6 Å². The van der Waals surface area contributed by atoms with Crippen molar-refractivity contribution in [3.05, 3.63) is 59.2 Å². The predicted molar refractivity (Wildman–Crippen MR) is 104 cm³/mol. The molecule has 1 amide bonds. The maximum Gasteiger partial charge on any atom is 0.261 e. The molecular weight excluding hydrogens is 350 g/mol. The Kier molecular flexibility index (Phi) is 6.76. The molecule has 0 aromatic heterocycles. The lowest BCUT2D eigenvalue weighted by atomic mass is 10.1. The molecule has 7 heteroatoms. The van der Waals surface area contributed by atoms with E-state index in [0.717, 1.165) is 24.1 Å². The van der Waals surface area contributed by atoms with Crippen LogP contribution in [0.25, 0.3) is 0 Å². The van der Waals surface area contributed by atoms with E-state index in [4.69, 9.17) is 0 Å². The van der Waals surface area contributed by atoms with Gasteiger partial charge in [0.15, 0.2) is 0 Å². The standard InChI is InChI=1S/C19H25N3O3S/c1-14-6-4-7-16(12-14)22-26(24,25)17-9-8-15(2)18(13-17)19(23)21-11-5-10-20-3/h4,6-9,12-13,20,22H,5,10-11H2,1-3H3,(H,21,23). The zero-order valence-electron chi connectivity index (χ0n) is 15.3. The van der Waals surface area contributed by atoms with Gasteiger partial charge in [0.05, 0.1) is 4.90 Å². The second-order valence-corrected chi connectivity index (χ2v) is 7.85. The highest BCUT2D eigenvalue weighted by atomic mass is 32.2. The van der Waals surface area contributed by atoms with Crippen LogP contribution in [0.5, 0.6) is 0 Å². The van der Waals surface area contributed by atoms with Crippen LogP contribution in [0.2, 0.25) is 0 Å². The smallest absolute Gasteiger partial charge is 0.261 e. The van der Waals surface area contributed by atoms with Gasteiger partial charge in [-0.05, 0) is 69.3 Å². The third-order valence-corrected chi connectivity index (χ3v) is 5.30. The number of benzene rings is 2. The molecule has 0 aliphatic heterocycles. The summed E-state index contributed by atoms with van der Waals surface area (Å²) in [6.07, 6.45) is 0.800. The highest BCUT2D eigenvalue weighted by Gasteiger charge is 2.18. The van der Waals surface area contributed by atoms with Gasteiger partial charge in [0.2, 0.25) is 0 Å². The fourth-order valence-corrected chi connectivity index (χ4v) is 3.57. The Hall–Kier alpha value is -2.38. The van der Waals surface area contributed by atoms with Gasteiger partial charge < -0.3 is 10.6 Å². The Bertz CT molecular complexity index is 879. The molecule has 2 aromatic rings. The number of rotatable bonds is 8. The topological polar surface area (TPSA) is 87.3 Å². The third kappa shape index (κ3) is 5.31. The molecule has 26 heavy (non-hydrogen) atoms. The van der Waals surface area contributed by atoms with Crippen LogP contribution in [0, 0.1) is 13.8 Å². The van der Waals surface area contributed by atoms with Crippen LogP contribution in [0.15, 0.2) is 47.4 Å². The van der Waals surface area contributed by atoms with Crippen LogP contribution in [0.1, 0.15) is 27.9 Å². The molecule has 3 N–H and O–H groups in total. The Morgan fingerprint density at radius 1 is 1.04 bits per heavy atom. The van der Waals surface area contributed by atoms with E-state index in [2.05, 4.69) is 15.4 Å². The summed E-state index contributed by atoms with van der Waals surface area (Å²) < 4.78 is 27.8. The van der Waals surface area contributed by atoms with Crippen LogP contribution >= 0.6 is 0 Å². The minimum absolute atomic E-state index is 0.0602. The zero-order valence-corrected chi connectivity index (χ0v) is 16.1. The molecule has 0 spiro atoms. The van der Waals surface area contributed by atoms with Crippen LogP contribution in [-0.2, 0) is 10.0 Å². The fraction of sp³-hybridized carbons (Fsp3) is 0.316. The van der Waals surface area contributed by atoms with Crippen LogP contribution in [0.3, 0.4) is 0 Å². The van der Waals surface area contributed by atoms with Crippen molar-refractivity contribution in [3.63, 3.8) is 0 Å². The molecule has 0 saturated heterocycles. The van der Waals surface area contributed by atoms with E-state index in [1.54, 1.807) is 31.2 Å². The molecule has 0 fully saturated rings. The van der Waals surface area contributed by atoms with E-state index in [1.165, 1.54) is 12.1 Å². The van der Waals surface area contributed by atoms with E-state index in [1.807, 2.05) is 20.0 Å². The SMILES string of the molecule is CNCCCNC(=O)c1cc(S(=O)(=O)Nc2cccc(C)c2)ccc1C. The molecule has 0 aliphatic carbocycles. The lowest BCUT2D eigenvalue weighted by molar-refractivity contribution is 0.0952. The number of nitrogens with one attached hydrogen (secondary N) is 3. The van der Waals surface area contributed by atoms with Gasteiger partial charge in [-0.25, -0.2) is 8.42 Å². The Morgan fingerprint density at radius 2 is 1.81 bits per heavy atom. The van der Waals surface area contributed by atoms with Crippen LogP contribution in [0.4, 0.5) is 5.69 Å². The van der Waals surface area contributed by atoms with Crippen molar-refractivity contribution in [3.8, 4) is 0 Å². The van der Waals surface area contributed by atoms with Crippen molar-refractivity contribution >= 4 is 21.6 Å². The number of anilines is 1. The van der Waals surface area contributed by atoms with Gasteiger partial charge >= 0.3 is 0 Å². The molecule has 0 bridgehead atoms. The predicted octanol–water partition coefficient (Wildman–Crippen LogP) is 2.44. The Labute approximate surface area is 155 Å². The average molecular weight is 375 g/mol. The first-order valence-electron chi connectivity index (χ1n) is 8.46. The van der Waals surface area contributed by atoms with Crippen molar-refractivity contribution in [2.24, 2.45) is 0 Å². The van der Waals surface area contributed by atoms with Gasteiger partial charge in [-0.15, -0.1) is 0 Å². The summed E-state index contributed by atoms with van der Waals surface area (Å²) in [7, 11) is -1.92. The largest absolute Gasteiger partial charge is 0.352 e. The van der Waals surface area contributed by atoms with Crippen molar-refractivity contribution in [1.29, 1.82) is 0 Å². The first-order chi connectivity index (χ1) is 12.3. The Balaban J connectivity index is 2.20. The minimum atomic E-state index is -3.77. The van der Waals surface area contributed by atoms with Crippen molar-refractivity contribution < 1.29 is 13.2 Å². The monoisotopic (exact) mass is 375 g/mol. The lowest BCUT2D eigenvalue weighted by Gasteiger charge is -2.12. The molecule has 0 saturated carbocycles. The molecular formula is C19H25N3O3S. The zero-order chi connectivity index (χ0) is 19.2. The Morgan fingerprint density at radius 3 is 2.50 bits per heavy atom. The number of aryl methyl sites for hydroxylation is 2. The number of hydrogen-bond donors (Lipinski definition) is 3. The van der Waals surface area contributed by atoms with Gasteiger partial charge in [0.1, 0.15) is 0 Å². The molecule has 0 radical (unpaired) electrons. The summed E-state index contributed by atoms with van der Waals surface area (Å²) in [6.45, 7) is 5.00. The maximum absolute atomic E-state index is 12.6. The summed E-state index contributed by atoms with van der Waals surface area (Å²) in [6, 6.07) is 11.7. The minimum Gasteiger partial charge on any atom is -0.352 e. The molecule has 140 valence electrons. The van der Waals surface area contributed by atoms with E-state index in [9.17, 15) is 13.2 Å². The molecule has 0 atom stereocenters. The molecule has 0 aliphatic rings. The fourth-order valence-electron chi connectivity index (χ4n) is 2.50. The molecule has 0 unspecified atom stereocenters. The van der Waals surface area contributed by atoms with Gasteiger partial charge in [0.25, 0.3) is 15.9 Å². The second kappa shape index (κ2) is 8.82. The second-order valence-electron chi connectivity index (χ2n) is 6.16. The number of sulfonamides is 1. The van der Waals surface area contributed by atoms with E-state index in [0.29, 0.717) is 17.8 Å². The molecule has 2 rings (SSSR count). The quantitative estimate of drug-likeness (QED) is 0.619. The first-order valence-corrected chi connectivity index (χ1v) is 9.95. The van der Waals surface area contributed by atoms with E-state index < -0.39 is 10.0 Å². The van der Waals surface area contributed by atoms with Gasteiger partial charge in [-0.2, -0.15) is 0 Å². The van der Waals surface area contributed by atoms with Gasteiger partial charge in [0, 0.05) is 17.8 Å². The van der Waals surface area contributed by atoms with E-state index >= 15 is 0 Å². The number of carbonyl (C=O) groups excluding carboxylic acids is 1. The van der Waals surface area contributed by atoms with Crippen molar-refractivity contribution in [2.75, 3.05) is 24.9 Å². The number of amides is 1. The average Bonchev–Trinajstić information content (AvgIpc) is 2.58. The maximum atomic E-state index is 12.6. The summed E-state index contributed by atoms with van der Waals surface area (Å²) >= 11 is 0. The molecule has 6 nitrogen and oxygen atoms in total. The van der Waals surface area contributed by atoms with Gasteiger partial charge in [-0.3, -0.25) is 9.52 Å². The molecule has 2 aromatic carbocycles. The van der Waals surface area contributed by atoms with Gasteiger partial charge in [-0.1, -0.05) is 18.2 Å². The van der Waals surface area contributed by atoms with Crippen molar-refractivity contribution in [2.45, 2.75) is 25.2 Å². The summed E-state index contributed by atoms with van der Waals surface area (Å²) in [4.78, 5) is 12.4. The first kappa shape index (κ1) is 19.9. The summed E-state index contributed by atoms with van der Waals surface area (Å²) in [5.74, 6) is -0.272. The highest BCUT2D eigenvalue weighted by molar-refractivity contribution is 7.92. The number of hydrogen-bond acceptors (Lipinski definition) is 4. The lowest BCUT2D eigenvalue weighted by Crippen LogP contribution is -2.27. The molecule has 0 heterocycles. The van der Waals surface area contributed by atoms with Crippen LogP contribution in [-0.4, -0.2) is 34.5 Å². The normalized spacial score (nSPS) is 11.2. The third-order valence-electron chi connectivity index (χ3n) is 3.92. The summed E-state index contributed by atoms with van der Waals surface area (Å²) in [5, 5.41) is 5.83. The number of carbonyl (C=O) groups is 1.